The monoisotopic (exact) mass is 1870 g/mol. The molecule has 14 heterocycles. The van der Waals surface area contributed by atoms with Gasteiger partial charge in [-0.1, -0.05) is 89.3 Å². The van der Waals surface area contributed by atoms with Crippen LogP contribution in [-0.2, 0) is 84.9 Å². The Labute approximate surface area is 789 Å². The number of methoxy groups -OCH3 is 3. The van der Waals surface area contributed by atoms with Crippen LogP contribution in [0.15, 0.2) is 120 Å². The van der Waals surface area contributed by atoms with Gasteiger partial charge >= 0.3 is 12.1 Å². The number of aliphatic hydroxyl groups is 2. The Kier molecular flexibility index (Phi) is 30.1. The van der Waals surface area contributed by atoms with Gasteiger partial charge in [0.05, 0.1) is 53.6 Å². The topological polar surface area (TPSA) is 467 Å². The van der Waals surface area contributed by atoms with Crippen molar-refractivity contribution in [2.45, 2.75) is 213 Å². The second-order valence-electron chi connectivity index (χ2n) is 37.7. The molecule has 38 nitrogen and oxygen atoms in total. The highest BCUT2D eigenvalue weighted by atomic mass is 16.6. The molecule has 4 amide bonds. The smallest absolute Gasteiger partial charge is 0.410 e. The van der Waals surface area contributed by atoms with Crippen LogP contribution in [0.3, 0.4) is 0 Å². The fourth-order valence-corrected chi connectivity index (χ4v) is 20.2. The minimum Gasteiger partial charge on any atom is -0.460 e. The molecular weight excluding hydrogens is 1740 g/mol. The van der Waals surface area contributed by atoms with E-state index in [0.717, 1.165) is 33.5 Å². The molecule has 0 radical (unpaired) electrons. The first kappa shape index (κ1) is 96.6. The molecule has 0 unspecified atom stereocenters. The molecule has 136 heavy (non-hydrogen) atoms. The number of allylic oxidation sites excluding steroid dienone is 6. The van der Waals surface area contributed by atoms with E-state index in [9.17, 15) is 48.6 Å². The van der Waals surface area contributed by atoms with Crippen molar-refractivity contribution in [1.82, 2.24) is 79.2 Å². The van der Waals surface area contributed by atoms with E-state index in [4.69, 9.17) is 59.4 Å². The molecule has 7 aliphatic heterocycles. The summed E-state index contributed by atoms with van der Waals surface area (Å²) in [6.07, 6.45) is 21.5. The van der Waals surface area contributed by atoms with Crippen molar-refractivity contribution in [3.63, 3.8) is 0 Å². The average Bonchev–Trinajstić information content (AvgIpc) is 1.40. The van der Waals surface area contributed by atoms with Gasteiger partial charge < -0.3 is 88.8 Å². The third-order valence-electron chi connectivity index (χ3n) is 28.3. The van der Waals surface area contributed by atoms with Crippen molar-refractivity contribution in [2.24, 2.45) is 35.5 Å². The lowest BCUT2D eigenvalue weighted by Gasteiger charge is -2.42. The third-order valence-corrected chi connectivity index (χ3v) is 28.3. The Hall–Kier alpha value is -12.5. The number of aliphatic hydroxyl groups excluding tert-OH is 1. The van der Waals surface area contributed by atoms with Crippen LogP contribution in [0.2, 0.25) is 0 Å². The molecule has 5 fully saturated rings. The summed E-state index contributed by atoms with van der Waals surface area (Å²) < 4.78 is 43.8. The SMILES string of the molecule is CO[C@H]1C[C@@H]2CC[C@@H](C)[C@@](O)(O2)C(=O)C(=O)N2CCCC[C@H]2C(=O)O[C@H]([C@H](C)C[C@@H]2CC[C@@H](OC(=O)N3CCc4nc(N5CCN(c6ncc(C(=O)N7CCN(c8ncc(C(=O)N9CCc%10cc(Cn%11nc(-c%12cnc%13oc(N)nc%13c%12)c%12c(N)ncnc%12%11)ccc%10C9)cn8)CC7)cn6)CC5)ncc4C3)[C@H](OC)C2)CC(=O)[C@H](C)/C=C(\C)[C@@H](O)[C@@H](OC)C(=O)[C@H](C)C[C@H](C)/C=C/C=C/C=C/1C. The normalized spacial score (nSPS) is 27.8. The van der Waals surface area contributed by atoms with Gasteiger partial charge in [0.25, 0.3) is 29.5 Å². The number of carbonyl (C=O) groups is 8. The molecule has 0 spiro atoms. The van der Waals surface area contributed by atoms with Gasteiger partial charge in [0.2, 0.25) is 29.3 Å². The van der Waals surface area contributed by atoms with Gasteiger partial charge in [-0.2, -0.15) is 10.1 Å². The van der Waals surface area contributed by atoms with Crippen molar-refractivity contribution >= 4 is 99.1 Å². The van der Waals surface area contributed by atoms with Gasteiger partial charge in [0.1, 0.15) is 59.6 Å². The van der Waals surface area contributed by atoms with Crippen LogP contribution in [-0.4, -0.2) is 284 Å². The summed E-state index contributed by atoms with van der Waals surface area (Å²) in [5.41, 5.74) is 21.5. The van der Waals surface area contributed by atoms with Gasteiger partial charge in [0.15, 0.2) is 11.4 Å². The third kappa shape index (κ3) is 21.5. The highest BCUT2D eigenvalue weighted by Gasteiger charge is 2.54. The van der Waals surface area contributed by atoms with Gasteiger partial charge in [-0.3, -0.25) is 28.8 Å². The zero-order chi connectivity index (χ0) is 95.9. The van der Waals surface area contributed by atoms with Gasteiger partial charge in [-0.05, 0) is 136 Å². The molecule has 38 heteroatoms. The fourth-order valence-electron chi connectivity index (χ4n) is 20.2. The maximum atomic E-state index is 14.9. The quantitative estimate of drug-likeness (QED) is 0.0423. The number of nitrogens with zero attached hydrogens (tertiary/aromatic N) is 19. The summed E-state index contributed by atoms with van der Waals surface area (Å²) in [6, 6.07) is 6.79. The number of hydrogen-bond donors (Lipinski definition) is 4. The molecule has 16 rings (SSSR count). The Bertz CT molecular complexity index is 5850. The number of cyclic esters (lactones) is 1. The summed E-state index contributed by atoms with van der Waals surface area (Å²) in [7, 11) is 4.52. The van der Waals surface area contributed by atoms with E-state index in [2.05, 4.69) is 55.7 Å². The van der Waals surface area contributed by atoms with Crippen LogP contribution in [0.4, 0.5) is 34.5 Å². The minimum absolute atomic E-state index is 0.0109. The number of pyridine rings is 1. The van der Waals surface area contributed by atoms with E-state index < -0.39 is 102 Å². The molecule has 6 N–H and O–H groups in total. The van der Waals surface area contributed by atoms with Crippen molar-refractivity contribution in [1.29, 1.82) is 0 Å². The Morgan fingerprint density at radius 3 is 2.06 bits per heavy atom. The van der Waals surface area contributed by atoms with Gasteiger partial charge in [-0.15, -0.1) is 0 Å². The molecule has 722 valence electrons. The second kappa shape index (κ2) is 42.4. The summed E-state index contributed by atoms with van der Waals surface area (Å²) in [4.78, 5) is 173. The van der Waals surface area contributed by atoms with Crippen LogP contribution < -0.4 is 26.2 Å². The Morgan fingerprint density at radius 2 is 1.35 bits per heavy atom. The highest BCUT2D eigenvalue weighted by Crippen LogP contribution is 2.41. The van der Waals surface area contributed by atoms with Crippen LogP contribution in [0.25, 0.3) is 33.5 Å². The lowest BCUT2D eigenvalue weighted by Crippen LogP contribution is -2.61. The minimum atomic E-state index is -2.49. The Balaban J connectivity index is 0.487. The maximum absolute atomic E-state index is 14.9. The maximum Gasteiger partial charge on any atom is 0.410 e. The number of benzene rings is 1. The summed E-state index contributed by atoms with van der Waals surface area (Å²) in [6.45, 7) is 18.6. The average molecular weight is 1870 g/mol. The zero-order valence-corrected chi connectivity index (χ0v) is 78.9. The van der Waals surface area contributed by atoms with E-state index in [1.807, 2.05) is 68.2 Å². The number of carbonyl (C=O) groups excluding carboxylic acids is 8. The molecule has 1 aromatic carbocycles. The number of anilines is 5. The molecule has 4 saturated heterocycles. The number of ketones is 3. The number of rotatable bonds is 15. The number of hydrogen-bond acceptors (Lipinski definition) is 33. The second-order valence-corrected chi connectivity index (χ2v) is 37.7. The van der Waals surface area contributed by atoms with Crippen LogP contribution in [0, 0.1) is 35.5 Å². The number of amides is 4. The summed E-state index contributed by atoms with van der Waals surface area (Å²) >= 11 is 0. The summed E-state index contributed by atoms with van der Waals surface area (Å²) in [5, 5.41) is 29.5. The predicted octanol–water partition coefficient (Wildman–Crippen LogP) is 8.80. The van der Waals surface area contributed by atoms with Crippen molar-refractivity contribution in [3.8, 4) is 11.3 Å². The highest BCUT2D eigenvalue weighted by molar-refractivity contribution is 6.39. The largest absolute Gasteiger partial charge is 0.460 e. The van der Waals surface area contributed by atoms with Gasteiger partial charge in [0, 0.05) is 185 Å². The summed E-state index contributed by atoms with van der Waals surface area (Å²) in [5.74, 6) is -7.29. The number of nitrogen functional groups attached to an aromatic ring is 2. The molecule has 8 aromatic rings. The number of aromatic nitrogens is 12. The number of Topliss-reactive ketones (excluding diaryl/α,β-unsaturated/α-hetero) is 3. The standard InChI is InChI=1S/C98H123N21O17/c1-56-16-12-11-13-17-57(2)77(130-8)44-71-23-19-62(7)98(129,136-71)85(123)91(126)118-27-15-14-18-74(118)92(127)133-78(45-75(120)58(3)39-61(6)83(122)84(132-10)82(121)60(5)38-56)59(4)40-63-21-24-76(79(42-63)131-9)134-97(128)117-29-26-72-70(54-117)51-106-96(110-72)115-36-34-114(35-37-115)95-102-47-68(48-103-95)89(124)112-30-32-113(33-31-112)94-104-49-69(50-105-94)90(125)116-28-25-65-41-64(20-22-66(65)53-116)52-119-87-80(86(99)107-55-108-87)81(111-119)67-43-73-88(101-46-67)135-93(100)109-73/h11-13,16-17,20,22,39,41,43,46-51,55-56,58-60,62-63,71,74,76-79,83-84,122,129H,14-15,18-19,21,23-38,40,42,44-45,52-54H2,1-10H3,(H2,100,109)(H2,99,107,108)/b13-11+,16-12+,57-17+,61-39+/t56-,58-,59-,60-,62-,63+,71+,74+,76-,77+,78+,79-,83-,84+,98-/m1/s1. The molecule has 15 atom stereocenters. The van der Waals surface area contributed by atoms with Crippen molar-refractivity contribution in [3.05, 3.63) is 154 Å². The number of piperazine rings is 2. The van der Waals surface area contributed by atoms with Crippen LogP contribution in [0.1, 0.15) is 174 Å². The van der Waals surface area contributed by atoms with E-state index in [1.54, 1.807) is 111 Å². The first-order valence-electron chi connectivity index (χ1n) is 47.4. The van der Waals surface area contributed by atoms with E-state index in [1.165, 1.54) is 18.3 Å². The van der Waals surface area contributed by atoms with Crippen molar-refractivity contribution in [2.75, 3.05) is 119 Å². The van der Waals surface area contributed by atoms with Gasteiger partial charge in [-0.25, -0.2) is 59.1 Å². The van der Waals surface area contributed by atoms with E-state index in [-0.39, 0.29) is 79.4 Å². The number of ether oxygens (including phenoxy) is 6. The Morgan fingerprint density at radius 1 is 0.654 bits per heavy atom. The lowest BCUT2D eigenvalue weighted by atomic mass is 9.78. The molecular formula is C98H123N21O17. The number of oxazole rings is 1. The molecule has 7 aromatic heterocycles. The predicted molar refractivity (Wildman–Crippen MR) is 501 cm³/mol. The van der Waals surface area contributed by atoms with E-state index >= 15 is 0 Å². The molecule has 1 saturated carbocycles. The van der Waals surface area contributed by atoms with Crippen LogP contribution >= 0.6 is 0 Å². The number of piperidine rings is 1. The zero-order valence-electron chi connectivity index (χ0n) is 78.9. The van der Waals surface area contributed by atoms with E-state index in [0.29, 0.717) is 217 Å². The first-order valence-corrected chi connectivity index (χ1v) is 47.4. The molecule has 2 bridgehead atoms. The molecule has 1 aliphatic carbocycles. The number of esters is 1. The first-order chi connectivity index (χ1) is 65.5. The molecule has 8 aliphatic rings. The number of nitrogens with two attached hydrogens (primary N) is 2. The number of fused-ring (bicyclic) bond motifs is 7. The van der Waals surface area contributed by atoms with Crippen LogP contribution in [0.5, 0.6) is 0 Å². The van der Waals surface area contributed by atoms with Crippen molar-refractivity contribution < 1.29 is 81.4 Å². The fraction of sp³-hybridized carbons (Fsp3) is 0.541. The lowest BCUT2D eigenvalue weighted by molar-refractivity contribution is -0.265.